The van der Waals surface area contributed by atoms with E-state index >= 15 is 0 Å². The maximum absolute atomic E-state index is 13.0. The molecule has 7 nitrogen and oxygen atoms in total. The molecule has 34 heavy (non-hydrogen) atoms. The van der Waals surface area contributed by atoms with E-state index in [4.69, 9.17) is 4.74 Å². The van der Waals surface area contributed by atoms with Gasteiger partial charge in [0, 0.05) is 38.8 Å². The standard InChI is InChI=1S/C25H28FN3O4S/c1-18-6-7-19(2)23(15-18)33-25-13-8-20(17-28-25)16-27-24(30)5-4-14-29(3)34(31,32)22-11-9-21(26)10-12-22/h6-13,15,17H,4-5,14,16H2,1-3H3,(H,27,30). The molecule has 0 atom stereocenters. The van der Waals surface area contributed by atoms with E-state index < -0.39 is 15.8 Å². The van der Waals surface area contributed by atoms with Gasteiger partial charge in [0.2, 0.25) is 21.8 Å². The fourth-order valence-electron chi connectivity index (χ4n) is 3.16. The lowest BCUT2D eigenvalue weighted by Gasteiger charge is -2.17. The Kier molecular flexibility index (Phi) is 8.36. The van der Waals surface area contributed by atoms with Gasteiger partial charge in [0.15, 0.2) is 0 Å². The summed E-state index contributed by atoms with van der Waals surface area (Å²) in [5.74, 6) is 0.523. The van der Waals surface area contributed by atoms with Gasteiger partial charge in [-0.25, -0.2) is 22.1 Å². The molecule has 0 saturated carbocycles. The highest BCUT2D eigenvalue weighted by atomic mass is 32.2. The minimum absolute atomic E-state index is 0.0123. The van der Waals surface area contributed by atoms with Gasteiger partial charge in [0.05, 0.1) is 4.90 Å². The lowest BCUT2D eigenvalue weighted by Crippen LogP contribution is -2.29. The van der Waals surface area contributed by atoms with E-state index in [1.54, 1.807) is 12.3 Å². The van der Waals surface area contributed by atoms with E-state index in [9.17, 15) is 17.6 Å². The second-order valence-corrected chi connectivity index (χ2v) is 10.1. The average Bonchev–Trinajstić information content (AvgIpc) is 2.81. The van der Waals surface area contributed by atoms with Gasteiger partial charge in [-0.15, -0.1) is 0 Å². The van der Waals surface area contributed by atoms with Gasteiger partial charge in [-0.05, 0) is 67.3 Å². The van der Waals surface area contributed by atoms with E-state index in [0.717, 1.165) is 38.9 Å². The molecule has 3 rings (SSSR count). The first-order valence-corrected chi connectivity index (χ1v) is 12.3. The van der Waals surface area contributed by atoms with Crippen LogP contribution in [-0.2, 0) is 21.4 Å². The largest absolute Gasteiger partial charge is 0.439 e. The highest BCUT2D eigenvalue weighted by Gasteiger charge is 2.20. The summed E-state index contributed by atoms with van der Waals surface area (Å²) >= 11 is 0. The molecule has 1 N–H and O–H groups in total. The normalized spacial score (nSPS) is 11.4. The topological polar surface area (TPSA) is 88.6 Å². The van der Waals surface area contributed by atoms with Gasteiger partial charge in [-0.1, -0.05) is 18.2 Å². The van der Waals surface area contributed by atoms with Gasteiger partial charge in [-0.3, -0.25) is 4.79 Å². The van der Waals surface area contributed by atoms with Crippen LogP contribution in [0.25, 0.3) is 0 Å². The SMILES string of the molecule is Cc1ccc(C)c(Oc2ccc(CNC(=O)CCCN(C)S(=O)(=O)c3ccc(F)cc3)cn2)c1. The summed E-state index contributed by atoms with van der Waals surface area (Å²) in [6.07, 6.45) is 2.16. The number of carbonyl (C=O) groups excluding carboxylic acids is 1. The van der Waals surface area contributed by atoms with Crippen molar-refractivity contribution in [3.63, 3.8) is 0 Å². The van der Waals surface area contributed by atoms with Crippen LogP contribution in [0.3, 0.4) is 0 Å². The van der Waals surface area contributed by atoms with Gasteiger partial charge < -0.3 is 10.1 Å². The Hall–Kier alpha value is -3.30. The summed E-state index contributed by atoms with van der Waals surface area (Å²) in [6, 6.07) is 14.2. The van der Waals surface area contributed by atoms with Crippen LogP contribution in [-0.4, -0.2) is 37.2 Å². The molecule has 0 unspecified atom stereocenters. The molecule has 3 aromatic rings. The van der Waals surface area contributed by atoms with Crippen molar-refractivity contribution in [2.24, 2.45) is 0 Å². The molecular formula is C25H28FN3O4S. The second kappa shape index (κ2) is 11.2. The zero-order chi connectivity index (χ0) is 24.7. The molecule has 1 heterocycles. The summed E-state index contributed by atoms with van der Waals surface area (Å²) in [7, 11) is -2.29. The van der Waals surface area contributed by atoms with Crippen molar-refractivity contribution in [2.45, 2.75) is 38.1 Å². The Morgan fingerprint density at radius 3 is 2.50 bits per heavy atom. The molecule has 2 aromatic carbocycles. The Morgan fingerprint density at radius 1 is 1.09 bits per heavy atom. The smallest absolute Gasteiger partial charge is 0.242 e. The number of hydrogen-bond acceptors (Lipinski definition) is 5. The van der Waals surface area contributed by atoms with Crippen molar-refractivity contribution >= 4 is 15.9 Å². The molecule has 1 aromatic heterocycles. The summed E-state index contributed by atoms with van der Waals surface area (Å²) in [5.41, 5.74) is 2.93. The van der Waals surface area contributed by atoms with Crippen LogP contribution in [0.1, 0.15) is 29.5 Å². The number of aromatic nitrogens is 1. The van der Waals surface area contributed by atoms with E-state index in [1.807, 2.05) is 38.1 Å². The van der Waals surface area contributed by atoms with Crippen molar-refractivity contribution in [1.82, 2.24) is 14.6 Å². The molecule has 9 heteroatoms. The summed E-state index contributed by atoms with van der Waals surface area (Å²) in [5, 5.41) is 2.81. The van der Waals surface area contributed by atoms with E-state index in [0.29, 0.717) is 18.8 Å². The maximum atomic E-state index is 13.0. The molecule has 0 saturated heterocycles. The Balaban J connectivity index is 1.43. The number of aryl methyl sites for hydroxylation is 2. The minimum atomic E-state index is -3.73. The molecule has 0 aliphatic heterocycles. The number of rotatable bonds is 10. The number of amides is 1. The number of hydrogen-bond donors (Lipinski definition) is 1. The van der Waals surface area contributed by atoms with Crippen LogP contribution < -0.4 is 10.1 Å². The molecule has 0 radical (unpaired) electrons. The van der Waals surface area contributed by atoms with Gasteiger partial charge >= 0.3 is 0 Å². The van der Waals surface area contributed by atoms with Crippen LogP contribution in [0.15, 0.2) is 65.7 Å². The van der Waals surface area contributed by atoms with Crippen LogP contribution in [0, 0.1) is 19.7 Å². The predicted molar refractivity (Wildman–Crippen MR) is 128 cm³/mol. The number of carbonyl (C=O) groups is 1. The van der Waals surface area contributed by atoms with E-state index in [1.165, 1.54) is 19.2 Å². The highest BCUT2D eigenvalue weighted by molar-refractivity contribution is 7.89. The summed E-state index contributed by atoms with van der Waals surface area (Å²) in [4.78, 5) is 16.5. The number of pyridine rings is 1. The van der Waals surface area contributed by atoms with Crippen LogP contribution in [0.5, 0.6) is 11.6 Å². The van der Waals surface area contributed by atoms with Crippen molar-refractivity contribution in [3.05, 3.63) is 83.3 Å². The van der Waals surface area contributed by atoms with Crippen molar-refractivity contribution in [1.29, 1.82) is 0 Å². The van der Waals surface area contributed by atoms with Crippen molar-refractivity contribution in [2.75, 3.05) is 13.6 Å². The van der Waals surface area contributed by atoms with Gasteiger partial charge in [0.25, 0.3) is 0 Å². The molecule has 0 aliphatic rings. The fraction of sp³-hybridized carbons (Fsp3) is 0.280. The van der Waals surface area contributed by atoms with E-state index in [2.05, 4.69) is 10.3 Å². The van der Waals surface area contributed by atoms with Gasteiger partial charge in [0.1, 0.15) is 11.6 Å². The molecular weight excluding hydrogens is 457 g/mol. The van der Waals surface area contributed by atoms with Crippen LogP contribution >= 0.6 is 0 Å². The first-order chi connectivity index (χ1) is 16.1. The van der Waals surface area contributed by atoms with Crippen molar-refractivity contribution < 1.29 is 22.3 Å². The van der Waals surface area contributed by atoms with Crippen molar-refractivity contribution in [3.8, 4) is 11.6 Å². The Labute approximate surface area is 199 Å². The highest BCUT2D eigenvalue weighted by Crippen LogP contribution is 2.24. The molecule has 1 amide bonds. The number of nitrogens with zero attached hydrogens (tertiary/aromatic N) is 2. The Morgan fingerprint density at radius 2 is 1.82 bits per heavy atom. The predicted octanol–water partition coefficient (Wildman–Crippen LogP) is 4.35. The average molecular weight is 486 g/mol. The first kappa shape index (κ1) is 25.3. The minimum Gasteiger partial charge on any atom is -0.439 e. The molecule has 180 valence electrons. The number of benzene rings is 2. The third-order valence-corrected chi connectivity index (χ3v) is 7.12. The second-order valence-electron chi connectivity index (χ2n) is 8.04. The number of ether oxygens (including phenoxy) is 1. The molecule has 0 fully saturated rings. The third kappa shape index (κ3) is 6.85. The number of nitrogens with one attached hydrogen (secondary N) is 1. The molecule has 0 aliphatic carbocycles. The maximum Gasteiger partial charge on any atom is 0.242 e. The third-order valence-electron chi connectivity index (χ3n) is 5.24. The molecule has 0 bridgehead atoms. The lowest BCUT2D eigenvalue weighted by atomic mass is 10.1. The number of halogens is 1. The first-order valence-electron chi connectivity index (χ1n) is 10.8. The quantitative estimate of drug-likeness (QED) is 0.461. The van der Waals surface area contributed by atoms with Crippen LogP contribution in [0.4, 0.5) is 4.39 Å². The zero-order valence-electron chi connectivity index (χ0n) is 19.4. The van der Waals surface area contributed by atoms with Gasteiger partial charge in [-0.2, -0.15) is 0 Å². The summed E-state index contributed by atoms with van der Waals surface area (Å²) < 4.78 is 45.0. The summed E-state index contributed by atoms with van der Waals surface area (Å²) in [6.45, 7) is 4.43. The van der Waals surface area contributed by atoms with E-state index in [-0.39, 0.29) is 23.8 Å². The molecule has 0 spiro atoms. The monoisotopic (exact) mass is 485 g/mol. The Bertz CT molecular complexity index is 1230. The number of sulfonamides is 1. The zero-order valence-corrected chi connectivity index (χ0v) is 20.2. The van der Waals surface area contributed by atoms with Crippen LogP contribution in [0.2, 0.25) is 0 Å². The lowest BCUT2D eigenvalue weighted by molar-refractivity contribution is -0.121. The fourth-order valence-corrected chi connectivity index (χ4v) is 4.37.